The monoisotopic (exact) mass is 151 g/mol. The van der Waals surface area contributed by atoms with E-state index in [0.717, 1.165) is 6.92 Å². The van der Waals surface area contributed by atoms with Crippen LogP contribution in [-0.2, 0) is 0 Å². The Bertz CT molecular complexity index is 86.1. The molecule has 3 heteroatoms. The zero-order valence-corrected chi connectivity index (χ0v) is 6.75. The van der Waals surface area contributed by atoms with Crippen LogP contribution in [0.4, 0.5) is 8.78 Å². The predicted octanol–water partition coefficient (Wildman–Crippen LogP) is 1.89. The molecule has 0 bridgehead atoms. The van der Waals surface area contributed by atoms with E-state index in [-0.39, 0.29) is 6.54 Å². The molecule has 0 saturated heterocycles. The predicted molar refractivity (Wildman–Crippen MR) is 38.3 cm³/mol. The van der Waals surface area contributed by atoms with E-state index >= 15 is 0 Å². The van der Waals surface area contributed by atoms with Gasteiger partial charge in [0.25, 0.3) is 5.92 Å². The molecular formula is C7H15F2N. The second-order valence-corrected chi connectivity index (χ2v) is 3.09. The highest BCUT2D eigenvalue weighted by molar-refractivity contribution is 4.62. The third-order valence-corrected chi connectivity index (χ3v) is 0.988. The van der Waals surface area contributed by atoms with Gasteiger partial charge in [0.1, 0.15) is 0 Å². The van der Waals surface area contributed by atoms with E-state index in [4.69, 9.17) is 0 Å². The molecule has 0 aliphatic carbocycles. The van der Waals surface area contributed by atoms with Gasteiger partial charge in [-0.15, -0.1) is 0 Å². The summed E-state index contributed by atoms with van der Waals surface area (Å²) in [4.78, 5) is 0. The van der Waals surface area contributed by atoms with Gasteiger partial charge in [-0.25, -0.2) is 8.78 Å². The van der Waals surface area contributed by atoms with Crippen LogP contribution in [0, 0.1) is 5.92 Å². The van der Waals surface area contributed by atoms with Gasteiger partial charge >= 0.3 is 0 Å². The Morgan fingerprint density at radius 1 is 1.40 bits per heavy atom. The molecule has 0 heterocycles. The largest absolute Gasteiger partial charge is 0.311 e. The van der Waals surface area contributed by atoms with Crippen LogP contribution in [0.1, 0.15) is 20.8 Å². The number of alkyl halides is 2. The zero-order chi connectivity index (χ0) is 8.20. The molecular weight excluding hydrogens is 136 g/mol. The molecule has 0 unspecified atom stereocenters. The molecule has 0 aromatic carbocycles. The minimum Gasteiger partial charge on any atom is -0.311 e. The fraction of sp³-hybridized carbons (Fsp3) is 1.00. The molecule has 0 saturated carbocycles. The Labute approximate surface area is 60.8 Å². The van der Waals surface area contributed by atoms with Crippen molar-refractivity contribution in [1.29, 1.82) is 0 Å². The standard InChI is InChI=1S/C7H15F2N/c1-6(2)4-10-5-7(3,8)9/h6,10H,4-5H2,1-3H3. The van der Waals surface area contributed by atoms with Crippen LogP contribution in [-0.4, -0.2) is 19.0 Å². The van der Waals surface area contributed by atoms with E-state index in [0.29, 0.717) is 12.5 Å². The molecule has 0 radical (unpaired) electrons. The van der Waals surface area contributed by atoms with Gasteiger partial charge in [-0.1, -0.05) is 13.8 Å². The SMILES string of the molecule is CC(C)CNCC(C)(F)F. The van der Waals surface area contributed by atoms with Crippen LogP contribution >= 0.6 is 0 Å². The van der Waals surface area contributed by atoms with Crippen molar-refractivity contribution in [2.24, 2.45) is 5.92 Å². The van der Waals surface area contributed by atoms with E-state index in [1.807, 2.05) is 13.8 Å². The Hall–Kier alpha value is -0.180. The highest BCUT2D eigenvalue weighted by atomic mass is 19.3. The van der Waals surface area contributed by atoms with Crippen LogP contribution in [0.15, 0.2) is 0 Å². The van der Waals surface area contributed by atoms with Gasteiger partial charge in [-0.2, -0.15) is 0 Å². The molecule has 0 fully saturated rings. The first kappa shape index (κ1) is 9.82. The number of rotatable bonds is 4. The highest BCUT2D eigenvalue weighted by Gasteiger charge is 2.19. The Balaban J connectivity index is 3.21. The summed E-state index contributed by atoms with van der Waals surface area (Å²) < 4.78 is 24.2. The Kier molecular flexibility index (Phi) is 3.79. The molecule has 1 nitrogen and oxygen atoms in total. The molecule has 62 valence electrons. The fourth-order valence-electron chi connectivity index (χ4n) is 0.580. The van der Waals surface area contributed by atoms with Crippen molar-refractivity contribution >= 4 is 0 Å². The van der Waals surface area contributed by atoms with Crippen molar-refractivity contribution in [3.8, 4) is 0 Å². The molecule has 0 aliphatic rings. The van der Waals surface area contributed by atoms with Gasteiger partial charge in [-0.05, 0) is 12.5 Å². The average Bonchev–Trinajstić information content (AvgIpc) is 1.59. The quantitative estimate of drug-likeness (QED) is 0.647. The third-order valence-electron chi connectivity index (χ3n) is 0.988. The second kappa shape index (κ2) is 3.86. The Morgan fingerprint density at radius 3 is 2.20 bits per heavy atom. The van der Waals surface area contributed by atoms with Crippen LogP contribution < -0.4 is 5.32 Å². The fourth-order valence-corrected chi connectivity index (χ4v) is 0.580. The molecule has 0 spiro atoms. The van der Waals surface area contributed by atoms with E-state index in [2.05, 4.69) is 5.32 Å². The summed E-state index contributed by atoms with van der Waals surface area (Å²) in [6.45, 7) is 5.33. The second-order valence-electron chi connectivity index (χ2n) is 3.09. The molecule has 0 aliphatic heterocycles. The average molecular weight is 151 g/mol. The lowest BCUT2D eigenvalue weighted by Crippen LogP contribution is -2.32. The molecule has 0 aromatic heterocycles. The summed E-state index contributed by atoms with van der Waals surface area (Å²) >= 11 is 0. The third kappa shape index (κ3) is 7.82. The van der Waals surface area contributed by atoms with Crippen LogP contribution in [0.2, 0.25) is 0 Å². The van der Waals surface area contributed by atoms with Gasteiger partial charge in [-0.3, -0.25) is 0 Å². The highest BCUT2D eigenvalue weighted by Crippen LogP contribution is 2.08. The van der Waals surface area contributed by atoms with Gasteiger partial charge in [0.05, 0.1) is 6.54 Å². The van der Waals surface area contributed by atoms with Crippen molar-refractivity contribution in [3.05, 3.63) is 0 Å². The van der Waals surface area contributed by atoms with Crippen molar-refractivity contribution in [1.82, 2.24) is 5.32 Å². The van der Waals surface area contributed by atoms with Crippen molar-refractivity contribution in [2.75, 3.05) is 13.1 Å². The van der Waals surface area contributed by atoms with E-state index in [1.54, 1.807) is 0 Å². The maximum atomic E-state index is 12.1. The number of halogens is 2. The first-order valence-corrected chi connectivity index (χ1v) is 3.50. The number of hydrogen-bond acceptors (Lipinski definition) is 1. The molecule has 0 rings (SSSR count). The summed E-state index contributed by atoms with van der Waals surface area (Å²) in [5.41, 5.74) is 0. The van der Waals surface area contributed by atoms with Crippen molar-refractivity contribution in [2.45, 2.75) is 26.7 Å². The normalized spacial score (nSPS) is 12.6. The van der Waals surface area contributed by atoms with E-state index < -0.39 is 5.92 Å². The topological polar surface area (TPSA) is 12.0 Å². The summed E-state index contributed by atoms with van der Waals surface area (Å²) in [5.74, 6) is -2.14. The van der Waals surface area contributed by atoms with E-state index in [9.17, 15) is 8.78 Å². The summed E-state index contributed by atoms with van der Waals surface area (Å²) in [6.07, 6.45) is 0. The molecule has 0 aromatic rings. The van der Waals surface area contributed by atoms with Gasteiger partial charge in [0, 0.05) is 6.92 Å². The van der Waals surface area contributed by atoms with Crippen LogP contribution in [0.25, 0.3) is 0 Å². The molecule has 10 heavy (non-hydrogen) atoms. The maximum absolute atomic E-state index is 12.1. The van der Waals surface area contributed by atoms with Crippen LogP contribution in [0.5, 0.6) is 0 Å². The molecule has 1 N–H and O–H groups in total. The summed E-state index contributed by atoms with van der Waals surface area (Å²) in [6, 6.07) is 0. The lowest BCUT2D eigenvalue weighted by Gasteiger charge is -2.12. The van der Waals surface area contributed by atoms with Gasteiger partial charge in [0.2, 0.25) is 0 Å². The van der Waals surface area contributed by atoms with Crippen LogP contribution in [0.3, 0.4) is 0 Å². The minimum atomic E-state index is -2.57. The van der Waals surface area contributed by atoms with Gasteiger partial charge in [0.15, 0.2) is 0 Å². The van der Waals surface area contributed by atoms with Gasteiger partial charge < -0.3 is 5.32 Å². The van der Waals surface area contributed by atoms with E-state index in [1.165, 1.54) is 0 Å². The summed E-state index contributed by atoms with van der Waals surface area (Å²) in [5, 5.41) is 2.67. The smallest absolute Gasteiger partial charge is 0.257 e. The zero-order valence-electron chi connectivity index (χ0n) is 6.75. The number of nitrogens with one attached hydrogen (secondary N) is 1. The molecule has 0 amide bonds. The maximum Gasteiger partial charge on any atom is 0.257 e. The Morgan fingerprint density at radius 2 is 1.90 bits per heavy atom. The lowest BCUT2D eigenvalue weighted by molar-refractivity contribution is 0.0223. The first-order valence-electron chi connectivity index (χ1n) is 3.50. The van der Waals surface area contributed by atoms with Crippen molar-refractivity contribution in [3.63, 3.8) is 0 Å². The summed E-state index contributed by atoms with van der Waals surface area (Å²) in [7, 11) is 0. The number of hydrogen-bond donors (Lipinski definition) is 1. The first-order chi connectivity index (χ1) is 4.42. The lowest BCUT2D eigenvalue weighted by atomic mass is 10.2. The van der Waals surface area contributed by atoms with Crippen molar-refractivity contribution < 1.29 is 8.78 Å². The minimum absolute atomic E-state index is 0.217. The molecule has 0 atom stereocenters.